The van der Waals surface area contributed by atoms with Crippen molar-refractivity contribution in [2.75, 3.05) is 41.3 Å². The van der Waals surface area contributed by atoms with Gasteiger partial charge in [-0.25, -0.2) is 4.79 Å². The molecule has 0 saturated carbocycles. The lowest BCUT2D eigenvalue weighted by molar-refractivity contribution is -0.114. The van der Waals surface area contributed by atoms with Gasteiger partial charge in [0.25, 0.3) is 0 Å². The van der Waals surface area contributed by atoms with Crippen LogP contribution in [-0.4, -0.2) is 43.2 Å². The van der Waals surface area contributed by atoms with E-state index in [4.69, 9.17) is 0 Å². The third-order valence-corrected chi connectivity index (χ3v) is 5.11. The van der Waals surface area contributed by atoms with Gasteiger partial charge in [0.2, 0.25) is 5.91 Å². The second-order valence-corrected chi connectivity index (χ2v) is 6.91. The standard InChI is InChI=1S/C21H25N3O3/c1-14-5-4-6-20(15(14)2)24-11-9-23(10-12-24)17-7-8-19(22-16(3)25)18(13-17)21(26)27/h4-8,13H,9-12H2,1-3H3,(H,22,25)(H,26,27). The first-order valence-electron chi connectivity index (χ1n) is 9.08. The fraction of sp³-hybridized carbons (Fsp3) is 0.333. The predicted molar refractivity (Wildman–Crippen MR) is 108 cm³/mol. The molecule has 1 aliphatic rings. The molecule has 0 spiro atoms. The molecule has 0 unspecified atom stereocenters. The SMILES string of the molecule is CC(=O)Nc1ccc(N2CCN(c3cccc(C)c3C)CC2)cc1C(=O)O. The van der Waals surface area contributed by atoms with Crippen molar-refractivity contribution in [1.82, 2.24) is 0 Å². The Labute approximate surface area is 159 Å². The summed E-state index contributed by atoms with van der Waals surface area (Å²) in [4.78, 5) is 27.4. The third-order valence-electron chi connectivity index (χ3n) is 5.11. The number of aromatic carboxylic acids is 1. The highest BCUT2D eigenvalue weighted by atomic mass is 16.4. The lowest BCUT2D eigenvalue weighted by Gasteiger charge is -2.38. The predicted octanol–water partition coefficient (Wildman–Crippen LogP) is 3.29. The van der Waals surface area contributed by atoms with E-state index in [1.807, 2.05) is 6.07 Å². The quantitative estimate of drug-likeness (QED) is 0.868. The maximum absolute atomic E-state index is 11.6. The maximum atomic E-state index is 11.6. The summed E-state index contributed by atoms with van der Waals surface area (Å²) in [6, 6.07) is 11.5. The van der Waals surface area contributed by atoms with Crippen LogP contribution in [0.3, 0.4) is 0 Å². The largest absolute Gasteiger partial charge is 0.478 e. The van der Waals surface area contributed by atoms with Gasteiger partial charge in [-0.05, 0) is 49.2 Å². The minimum Gasteiger partial charge on any atom is -0.478 e. The average Bonchev–Trinajstić information content (AvgIpc) is 2.64. The zero-order chi connectivity index (χ0) is 19.6. The van der Waals surface area contributed by atoms with E-state index in [-0.39, 0.29) is 11.5 Å². The van der Waals surface area contributed by atoms with E-state index >= 15 is 0 Å². The molecule has 0 bridgehead atoms. The normalized spacial score (nSPS) is 14.2. The number of carboxylic acids is 1. The number of rotatable bonds is 4. The fourth-order valence-corrected chi connectivity index (χ4v) is 3.49. The number of nitrogens with one attached hydrogen (secondary N) is 1. The molecule has 0 radical (unpaired) electrons. The minimum absolute atomic E-state index is 0.111. The number of piperazine rings is 1. The molecule has 6 heteroatoms. The van der Waals surface area contributed by atoms with Crippen molar-refractivity contribution in [3.63, 3.8) is 0 Å². The van der Waals surface area contributed by atoms with Crippen LogP contribution in [0.15, 0.2) is 36.4 Å². The van der Waals surface area contributed by atoms with Gasteiger partial charge in [-0.3, -0.25) is 4.79 Å². The van der Waals surface area contributed by atoms with E-state index in [0.29, 0.717) is 5.69 Å². The molecule has 3 rings (SSSR count). The highest BCUT2D eigenvalue weighted by Gasteiger charge is 2.21. The summed E-state index contributed by atoms with van der Waals surface area (Å²) in [5.74, 6) is -1.33. The van der Waals surface area contributed by atoms with Crippen LogP contribution in [0.1, 0.15) is 28.4 Å². The van der Waals surface area contributed by atoms with Crippen molar-refractivity contribution in [2.24, 2.45) is 0 Å². The summed E-state index contributed by atoms with van der Waals surface area (Å²) in [5, 5.41) is 12.0. The van der Waals surface area contributed by atoms with E-state index < -0.39 is 5.97 Å². The number of hydrogen-bond donors (Lipinski definition) is 2. The Hall–Kier alpha value is -3.02. The number of anilines is 3. The van der Waals surface area contributed by atoms with Crippen molar-refractivity contribution in [3.05, 3.63) is 53.1 Å². The lowest BCUT2D eigenvalue weighted by Crippen LogP contribution is -2.46. The molecule has 0 atom stereocenters. The van der Waals surface area contributed by atoms with Gasteiger partial charge in [0.05, 0.1) is 11.3 Å². The second-order valence-electron chi connectivity index (χ2n) is 6.91. The zero-order valence-corrected chi connectivity index (χ0v) is 16.0. The summed E-state index contributed by atoms with van der Waals surface area (Å²) in [7, 11) is 0. The molecule has 1 saturated heterocycles. The summed E-state index contributed by atoms with van der Waals surface area (Å²) in [6.45, 7) is 9.01. The smallest absolute Gasteiger partial charge is 0.337 e. The number of nitrogens with zero attached hydrogens (tertiary/aromatic N) is 2. The van der Waals surface area contributed by atoms with E-state index in [0.717, 1.165) is 31.9 Å². The third kappa shape index (κ3) is 4.05. The molecule has 1 fully saturated rings. The first-order valence-corrected chi connectivity index (χ1v) is 9.08. The molecule has 2 aromatic carbocycles. The maximum Gasteiger partial charge on any atom is 0.337 e. The Bertz CT molecular complexity index is 871. The monoisotopic (exact) mass is 367 g/mol. The summed E-state index contributed by atoms with van der Waals surface area (Å²) < 4.78 is 0. The van der Waals surface area contributed by atoms with Gasteiger partial charge in [-0.2, -0.15) is 0 Å². The molecule has 6 nitrogen and oxygen atoms in total. The second kappa shape index (κ2) is 7.70. The number of carboxylic acid groups (broad SMARTS) is 1. The fourth-order valence-electron chi connectivity index (χ4n) is 3.49. The summed E-state index contributed by atoms with van der Waals surface area (Å²) in [6.07, 6.45) is 0. The van der Waals surface area contributed by atoms with E-state index in [9.17, 15) is 14.7 Å². The van der Waals surface area contributed by atoms with Crippen LogP contribution >= 0.6 is 0 Å². The first-order chi connectivity index (χ1) is 12.9. The number of benzene rings is 2. The first kappa shape index (κ1) is 18.8. The lowest BCUT2D eigenvalue weighted by atomic mass is 10.1. The van der Waals surface area contributed by atoms with Gasteiger partial charge in [0, 0.05) is 44.5 Å². The highest BCUT2D eigenvalue weighted by molar-refractivity contribution is 6.00. The van der Waals surface area contributed by atoms with Crippen LogP contribution in [0.25, 0.3) is 0 Å². The molecule has 1 amide bonds. The van der Waals surface area contributed by atoms with Gasteiger partial charge >= 0.3 is 5.97 Å². The average molecular weight is 367 g/mol. The van der Waals surface area contributed by atoms with Crippen LogP contribution in [-0.2, 0) is 4.79 Å². The Morgan fingerprint density at radius 1 is 1.00 bits per heavy atom. The highest BCUT2D eigenvalue weighted by Crippen LogP contribution is 2.27. The Morgan fingerprint density at radius 2 is 1.67 bits per heavy atom. The number of carbonyl (C=O) groups excluding carboxylic acids is 1. The molecule has 0 aliphatic carbocycles. The van der Waals surface area contributed by atoms with Gasteiger partial charge in [0.1, 0.15) is 0 Å². The van der Waals surface area contributed by atoms with Crippen LogP contribution < -0.4 is 15.1 Å². The van der Waals surface area contributed by atoms with Gasteiger partial charge in [0.15, 0.2) is 0 Å². The minimum atomic E-state index is -1.05. The van der Waals surface area contributed by atoms with Crippen molar-refractivity contribution in [2.45, 2.75) is 20.8 Å². The van der Waals surface area contributed by atoms with E-state index in [1.54, 1.807) is 12.1 Å². The van der Waals surface area contributed by atoms with Crippen molar-refractivity contribution in [1.29, 1.82) is 0 Å². The Balaban J connectivity index is 1.76. The molecule has 2 aromatic rings. The van der Waals surface area contributed by atoms with Gasteiger partial charge in [-0.1, -0.05) is 12.1 Å². The number of hydrogen-bond acceptors (Lipinski definition) is 4. The van der Waals surface area contributed by atoms with Crippen molar-refractivity contribution in [3.8, 4) is 0 Å². The van der Waals surface area contributed by atoms with Crippen molar-refractivity contribution < 1.29 is 14.7 Å². The van der Waals surface area contributed by atoms with Crippen LogP contribution in [0.4, 0.5) is 17.1 Å². The van der Waals surface area contributed by atoms with E-state index in [1.165, 1.54) is 23.7 Å². The topological polar surface area (TPSA) is 72.9 Å². The van der Waals surface area contributed by atoms with Gasteiger partial charge in [-0.15, -0.1) is 0 Å². The molecular formula is C21H25N3O3. The molecule has 1 aliphatic heterocycles. The molecule has 1 heterocycles. The van der Waals surface area contributed by atoms with Crippen LogP contribution in [0.2, 0.25) is 0 Å². The Morgan fingerprint density at radius 3 is 2.30 bits per heavy atom. The number of amides is 1. The molecule has 2 N–H and O–H groups in total. The van der Waals surface area contributed by atoms with Crippen LogP contribution in [0.5, 0.6) is 0 Å². The molecule has 0 aromatic heterocycles. The number of aryl methyl sites for hydroxylation is 1. The summed E-state index contributed by atoms with van der Waals surface area (Å²) >= 11 is 0. The molecule has 27 heavy (non-hydrogen) atoms. The van der Waals surface area contributed by atoms with E-state index in [2.05, 4.69) is 47.2 Å². The van der Waals surface area contributed by atoms with Crippen LogP contribution in [0, 0.1) is 13.8 Å². The Kier molecular flexibility index (Phi) is 5.35. The number of carbonyl (C=O) groups is 2. The van der Waals surface area contributed by atoms with Gasteiger partial charge < -0.3 is 20.2 Å². The molecular weight excluding hydrogens is 342 g/mol. The summed E-state index contributed by atoms with van der Waals surface area (Å²) in [5.41, 5.74) is 5.16. The molecule has 142 valence electrons. The van der Waals surface area contributed by atoms with Crippen molar-refractivity contribution >= 4 is 28.9 Å². The zero-order valence-electron chi connectivity index (χ0n) is 16.0.